The minimum absolute atomic E-state index is 0.221. The average Bonchev–Trinajstić information content (AvgIpc) is 2.83. The van der Waals surface area contributed by atoms with Crippen LogP contribution in [0.1, 0.15) is 18.1 Å². The molecule has 2 nitrogen and oxygen atoms in total. The molecule has 98 valence electrons. The van der Waals surface area contributed by atoms with Gasteiger partial charge in [-0.3, -0.25) is 0 Å². The Morgan fingerprint density at radius 3 is 2.58 bits per heavy atom. The van der Waals surface area contributed by atoms with Gasteiger partial charge in [0.2, 0.25) is 0 Å². The molecule has 0 radical (unpaired) electrons. The van der Waals surface area contributed by atoms with Crippen molar-refractivity contribution >= 4 is 11.4 Å². The fourth-order valence-corrected chi connectivity index (χ4v) is 2.79. The van der Waals surface area contributed by atoms with E-state index in [1.807, 2.05) is 6.92 Å². The van der Waals surface area contributed by atoms with Gasteiger partial charge in [-0.05, 0) is 49.1 Å². The maximum Gasteiger partial charge on any atom is 0.0444 e. The molecule has 0 saturated heterocycles. The van der Waals surface area contributed by atoms with Crippen molar-refractivity contribution in [3.63, 3.8) is 0 Å². The molecule has 3 rings (SSSR count). The van der Waals surface area contributed by atoms with Crippen molar-refractivity contribution < 1.29 is 0 Å². The van der Waals surface area contributed by atoms with Gasteiger partial charge in [0.25, 0.3) is 0 Å². The summed E-state index contributed by atoms with van der Waals surface area (Å²) in [5, 5.41) is 0. The zero-order valence-corrected chi connectivity index (χ0v) is 11.3. The molecule has 2 heteroatoms. The molecular formula is C17H20N2. The Morgan fingerprint density at radius 1 is 1.11 bits per heavy atom. The highest BCUT2D eigenvalue weighted by Gasteiger charge is 2.19. The van der Waals surface area contributed by atoms with Crippen molar-refractivity contribution in [3.8, 4) is 0 Å². The van der Waals surface area contributed by atoms with Crippen LogP contribution in [0, 0.1) is 0 Å². The zero-order valence-electron chi connectivity index (χ0n) is 11.3. The van der Waals surface area contributed by atoms with E-state index in [1.54, 1.807) is 0 Å². The summed E-state index contributed by atoms with van der Waals surface area (Å²) < 4.78 is 0. The van der Waals surface area contributed by atoms with Crippen molar-refractivity contribution in [1.82, 2.24) is 0 Å². The van der Waals surface area contributed by atoms with Crippen LogP contribution in [0.2, 0.25) is 0 Å². The molecule has 0 saturated carbocycles. The molecule has 0 aromatic heterocycles. The molecule has 0 amide bonds. The number of benzene rings is 2. The lowest BCUT2D eigenvalue weighted by Gasteiger charge is -2.20. The van der Waals surface area contributed by atoms with Crippen LogP contribution in [0.25, 0.3) is 0 Å². The van der Waals surface area contributed by atoms with Crippen molar-refractivity contribution in [3.05, 3.63) is 59.7 Å². The van der Waals surface area contributed by atoms with Crippen molar-refractivity contribution in [2.45, 2.75) is 25.8 Å². The minimum atomic E-state index is 0.221. The maximum absolute atomic E-state index is 5.84. The number of hydrogen-bond acceptors (Lipinski definition) is 2. The predicted molar refractivity (Wildman–Crippen MR) is 80.9 cm³/mol. The first-order valence-corrected chi connectivity index (χ1v) is 6.94. The van der Waals surface area contributed by atoms with Gasteiger partial charge in [-0.1, -0.05) is 30.3 Å². The second-order valence-corrected chi connectivity index (χ2v) is 5.38. The van der Waals surface area contributed by atoms with E-state index < -0.39 is 0 Å². The summed E-state index contributed by atoms with van der Waals surface area (Å²) in [4.78, 5) is 2.39. The fourth-order valence-electron chi connectivity index (χ4n) is 2.79. The van der Waals surface area contributed by atoms with Gasteiger partial charge in [0.15, 0.2) is 0 Å². The quantitative estimate of drug-likeness (QED) is 0.908. The molecule has 19 heavy (non-hydrogen) atoms. The molecule has 2 aromatic carbocycles. The van der Waals surface area contributed by atoms with E-state index in [-0.39, 0.29) is 6.04 Å². The number of hydrogen-bond donors (Lipinski definition) is 1. The Hall–Kier alpha value is -1.80. The molecule has 1 aliphatic rings. The van der Waals surface area contributed by atoms with E-state index >= 15 is 0 Å². The van der Waals surface area contributed by atoms with E-state index in [0.717, 1.165) is 19.4 Å². The summed E-state index contributed by atoms with van der Waals surface area (Å²) in [6.07, 6.45) is 2.08. The van der Waals surface area contributed by atoms with Crippen LogP contribution >= 0.6 is 0 Å². The van der Waals surface area contributed by atoms with Crippen molar-refractivity contribution in [1.29, 1.82) is 0 Å². The summed E-state index contributed by atoms with van der Waals surface area (Å²) in [7, 11) is 0. The Labute approximate surface area is 114 Å². The van der Waals surface area contributed by atoms with Gasteiger partial charge in [0, 0.05) is 24.0 Å². The number of fused-ring (bicyclic) bond motifs is 1. The Bertz CT molecular complexity index is 558. The highest BCUT2D eigenvalue weighted by molar-refractivity contribution is 5.69. The standard InChI is InChI=1S/C17H20N2/c1-13(18)12-14-6-8-16(9-7-14)19-11-10-15-4-2-3-5-17(15)19/h2-9,13H,10-12,18H2,1H3. The number of anilines is 2. The van der Waals surface area contributed by atoms with Crippen LogP contribution in [0.4, 0.5) is 11.4 Å². The lowest BCUT2D eigenvalue weighted by molar-refractivity contribution is 0.738. The number of rotatable bonds is 3. The normalized spacial score (nSPS) is 15.4. The first-order chi connectivity index (χ1) is 9.24. The van der Waals surface area contributed by atoms with Crippen LogP contribution < -0.4 is 10.6 Å². The van der Waals surface area contributed by atoms with E-state index in [9.17, 15) is 0 Å². The lowest BCUT2D eigenvalue weighted by Crippen LogP contribution is -2.18. The Kier molecular flexibility index (Phi) is 3.26. The van der Waals surface area contributed by atoms with Crippen LogP contribution in [-0.4, -0.2) is 12.6 Å². The fraction of sp³-hybridized carbons (Fsp3) is 0.294. The highest BCUT2D eigenvalue weighted by Crippen LogP contribution is 2.34. The molecular weight excluding hydrogens is 232 g/mol. The van der Waals surface area contributed by atoms with E-state index in [2.05, 4.69) is 53.4 Å². The molecule has 0 bridgehead atoms. The second kappa shape index (κ2) is 5.06. The molecule has 2 aromatic rings. The highest BCUT2D eigenvalue weighted by atomic mass is 15.2. The SMILES string of the molecule is CC(N)Cc1ccc(N2CCc3ccccc32)cc1. The molecule has 2 N–H and O–H groups in total. The molecule has 0 spiro atoms. The third kappa shape index (κ3) is 2.49. The Balaban J connectivity index is 1.84. The van der Waals surface area contributed by atoms with Crippen LogP contribution in [-0.2, 0) is 12.8 Å². The summed E-state index contributed by atoms with van der Waals surface area (Å²) in [5.41, 5.74) is 11.2. The first kappa shape index (κ1) is 12.2. The monoisotopic (exact) mass is 252 g/mol. The number of para-hydroxylation sites is 1. The second-order valence-electron chi connectivity index (χ2n) is 5.38. The number of nitrogens with zero attached hydrogens (tertiary/aromatic N) is 1. The lowest BCUT2D eigenvalue weighted by atomic mass is 10.1. The number of nitrogens with two attached hydrogens (primary N) is 1. The van der Waals surface area contributed by atoms with Gasteiger partial charge in [0.05, 0.1) is 0 Å². The Morgan fingerprint density at radius 2 is 1.84 bits per heavy atom. The topological polar surface area (TPSA) is 29.3 Å². The molecule has 1 atom stereocenters. The summed E-state index contributed by atoms with van der Waals surface area (Å²) >= 11 is 0. The van der Waals surface area contributed by atoms with Gasteiger partial charge < -0.3 is 10.6 Å². The summed E-state index contributed by atoms with van der Waals surface area (Å²) in [6.45, 7) is 3.12. The molecule has 1 heterocycles. The smallest absolute Gasteiger partial charge is 0.0444 e. The van der Waals surface area contributed by atoms with E-state index in [1.165, 1.54) is 22.5 Å². The molecule has 0 fully saturated rings. The third-order valence-electron chi connectivity index (χ3n) is 3.69. The maximum atomic E-state index is 5.84. The summed E-state index contributed by atoms with van der Waals surface area (Å²) in [5.74, 6) is 0. The predicted octanol–water partition coefficient (Wildman–Crippen LogP) is 3.27. The van der Waals surface area contributed by atoms with Gasteiger partial charge in [-0.2, -0.15) is 0 Å². The van der Waals surface area contributed by atoms with Gasteiger partial charge >= 0.3 is 0 Å². The molecule has 1 unspecified atom stereocenters. The van der Waals surface area contributed by atoms with Gasteiger partial charge in [-0.25, -0.2) is 0 Å². The van der Waals surface area contributed by atoms with Gasteiger partial charge in [-0.15, -0.1) is 0 Å². The van der Waals surface area contributed by atoms with Crippen LogP contribution in [0.15, 0.2) is 48.5 Å². The largest absolute Gasteiger partial charge is 0.341 e. The molecule has 0 aliphatic carbocycles. The summed E-state index contributed by atoms with van der Waals surface area (Å²) in [6, 6.07) is 17.7. The van der Waals surface area contributed by atoms with Gasteiger partial charge in [0.1, 0.15) is 0 Å². The van der Waals surface area contributed by atoms with E-state index in [4.69, 9.17) is 5.73 Å². The minimum Gasteiger partial charge on any atom is -0.341 e. The zero-order chi connectivity index (χ0) is 13.2. The third-order valence-corrected chi connectivity index (χ3v) is 3.69. The van der Waals surface area contributed by atoms with Crippen LogP contribution in [0.3, 0.4) is 0 Å². The van der Waals surface area contributed by atoms with E-state index in [0.29, 0.717) is 0 Å². The van der Waals surface area contributed by atoms with Crippen molar-refractivity contribution in [2.24, 2.45) is 5.73 Å². The average molecular weight is 252 g/mol. The van der Waals surface area contributed by atoms with Crippen molar-refractivity contribution in [2.75, 3.05) is 11.4 Å². The first-order valence-electron chi connectivity index (χ1n) is 6.94. The van der Waals surface area contributed by atoms with Crippen LogP contribution in [0.5, 0.6) is 0 Å². The molecule has 1 aliphatic heterocycles.